The number of hydrogen-bond donors (Lipinski definition) is 1. The van der Waals surface area contributed by atoms with Crippen LogP contribution in [0, 0.1) is 0 Å². The van der Waals surface area contributed by atoms with Crippen LogP contribution < -0.4 is 10.2 Å². The number of halogens is 1. The number of nitrogens with one attached hydrogen (secondary N) is 1. The summed E-state index contributed by atoms with van der Waals surface area (Å²) in [5.41, 5.74) is 4.61. The normalized spacial score (nSPS) is 12.7. The SMILES string of the molecule is O=C1Cc2cc(Cl)ccc2N1C(=O)Nc1ccc(-c2nnnn2C(c2ccccc2)(c2ccccc2)c2ccccc2)cc1. The highest BCUT2D eigenvalue weighted by Gasteiger charge is 2.42. The molecule has 44 heavy (non-hydrogen) atoms. The molecule has 1 N–H and O–H groups in total. The van der Waals surface area contributed by atoms with Crippen molar-refractivity contribution in [3.63, 3.8) is 0 Å². The Hall–Kier alpha value is -5.60. The number of tetrazole rings is 1. The monoisotopic (exact) mass is 596 g/mol. The smallest absolute Gasteiger partial charge is 0.307 e. The Morgan fingerprint density at radius 2 is 1.32 bits per heavy atom. The van der Waals surface area contributed by atoms with Gasteiger partial charge in [-0.3, -0.25) is 4.79 Å². The number of rotatable bonds is 6. The van der Waals surface area contributed by atoms with Crippen molar-refractivity contribution < 1.29 is 9.59 Å². The summed E-state index contributed by atoms with van der Waals surface area (Å²) >= 11 is 6.08. The van der Waals surface area contributed by atoms with E-state index in [-0.39, 0.29) is 12.3 Å². The second kappa shape index (κ2) is 11.2. The van der Waals surface area contributed by atoms with Gasteiger partial charge in [-0.05, 0) is 75.1 Å². The summed E-state index contributed by atoms with van der Waals surface area (Å²) in [5, 5.41) is 16.6. The summed E-state index contributed by atoms with van der Waals surface area (Å²) in [7, 11) is 0. The van der Waals surface area contributed by atoms with Crippen molar-refractivity contribution in [2.75, 3.05) is 10.2 Å². The topological polar surface area (TPSA) is 93.0 Å². The number of nitrogens with zero attached hydrogens (tertiary/aromatic N) is 5. The maximum Gasteiger partial charge on any atom is 0.333 e. The minimum atomic E-state index is -0.887. The molecule has 3 amide bonds. The zero-order valence-corrected chi connectivity index (χ0v) is 24.1. The molecule has 2 heterocycles. The molecular formula is C35H25ClN6O2. The van der Waals surface area contributed by atoms with Crippen molar-refractivity contribution >= 4 is 34.9 Å². The van der Waals surface area contributed by atoms with E-state index in [0.29, 0.717) is 22.2 Å². The molecule has 1 aliphatic heterocycles. The lowest BCUT2D eigenvalue weighted by atomic mass is 9.77. The van der Waals surface area contributed by atoms with Crippen molar-refractivity contribution in [3.8, 4) is 11.4 Å². The maximum atomic E-state index is 13.2. The summed E-state index contributed by atoms with van der Waals surface area (Å²) in [6.45, 7) is 0. The summed E-state index contributed by atoms with van der Waals surface area (Å²) in [4.78, 5) is 27.0. The Balaban J connectivity index is 1.27. The molecule has 0 saturated heterocycles. The number of carbonyl (C=O) groups excluding carboxylic acids is 2. The van der Waals surface area contributed by atoms with Crippen molar-refractivity contribution in [1.82, 2.24) is 20.2 Å². The van der Waals surface area contributed by atoms with Gasteiger partial charge >= 0.3 is 6.03 Å². The third-order valence-corrected chi connectivity index (χ3v) is 8.07. The number of benzene rings is 5. The van der Waals surface area contributed by atoms with Crippen molar-refractivity contribution in [1.29, 1.82) is 0 Å². The molecule has 214 valence electrons. The Kier molecular flexibility index (Phi) is 6.96. The van der Waals surface area contributed by atoms with Crippen LogP contribution in [0.5, 0.6) is 0 Å². The van der Waals surface area contributed by atoms with E-state index in [2.05, 4.69) is 57.2 Å². The molecule has 0 aliphatic carbocycles. The van der Waals surface area contributed by atoms with Crippen LogP contribution in [0.15, 0.2) is 133 Å². The molecule has 5 aromatic carbocycles. The zero-order chi connectivity index (χ0) is 30.1. The minimum Gasteiger partial charge on any atom is -0.307 e. The van der Waals surface area contributed by atoms with Gasteiger partial charge < -0.3 is 5.32 Å². The largest absolute Gasteiger partial charge is 0.333 e. The first-order chi connectivity index (χ1) is 21.6. The number of aromatic nitrogens is 4. The second-order valence-electron chi connectivity index (χ2n) is 10.4. The maximum absolute atomic E-state index is 13.2. The molecule has 0 unspecified atom stereocenters. The molecule has 0 spiro atoms. The first-order valence-corrected chi connectivity index (χ1v) is 14.4. The summed E-state index contributed by atoms with van der Waals surface area (Å²) in [6.07, 6.45) is 0.122. The van der Waals surface area contributed by atoms with Crippen LogP contribution in [0.1, 0.15) is 22.3 Å². The van der Waals surface area contributed by atoms with E-state index in [1.54, 1.807) is 30.3 Å². The predicted octanol–water partition coefficient (Wildman–Crippen LogP) is 6.95. The fourth-order valence-electron chi connectivity index (χ4n) is 5.89. The third kappa shape index (κ3) is 4.62. The zero-order valence-electron chi connectivity index (χ0n) is 23.3. The van der Waals surface area contributed by atoms with Crippen LogP contribution in [0.3, 0.4) is 0 Å². The number of carbonyl (C=O) groups is 2. The second-order valence-corrected chi connectivity index (χ2v) is 10.8. The van der Waals surface area contributed by atoms with Crippen LogP contribution in [-0.4, -0.2) is 32.1 Å². The number of amides is 3. The number of anilines is 2. The highest BCUT2D eigenvalue weighted by molar-refractivity contribution is 6.31. The Bertz CT molecular complexity index is 1870. The van der Waals surface area contributed by atoms with E-state index in [4.69, 9.17) is 11.6 Å². The first kappa shape index (κ1) is 27.2. The van der Waals surface area contributed by atoms with E-state index in [9.17, 15) is 9.59 Å². The van der Waals surface area contributed by atoms with E-state index in [0.717, 1.165) is 32.7 Å². The lowest BCUT2D eigenvalue weighted by Gasteiger charge is -2.36. The van der Waals surface area contributed by atoms with Gasteiger partial charge in [0.2, 0.25) is 5.91 Å². The molecule has 0 bridgehead atoms. The molecule has 8 nitrogen and oxygen atoms in total. The van der Waals surface area contributed by atoms with Gasteiger partial charge in [-0.2, -0.15) is 0 Å². The molecular weight excluding hydrogens is 572 g/mol. The number of urea groups is 1. The molecule has 1 aliphatic rings. The first-order valence-electron chi connectivity index (χ1n) is 14.0. The summed E-state index contributed by atoms with van der Waals surface area (Å²) in [5.74, 6) is 0.231. The van der Waals surface area contributed by atoms with E-state index >= 15 is 0 Å². The van der Waals surface area contributed by atoms with Crippen LogP contribution in [-0.2, 0) is 16.8 Å². The lowest BCUT2D eigenvalue weighted by molar-refractivity contribution is -0.116. The quantitative estimate of drug-likeness (QED) is 0.210. The number of hydrogen-bond acceptors (Lipinski definition) is 5. The van der Waals surface area contributed by atoms with Gasteiger partial charge in [0.25, 0.3) is 0 Å². The van der Waals surface area contributed by atoms with Crippen LogP contribution in [0.25, 0.3) is 11.4 Å². The van der Waals surface area contributed by atoms with Gasteiger partial charge in [0, 0.05) is 16.3 Å². The summed E-state index contributed by atoms with van der Waals surface area (Å²) < 4.78 is 1.85. The van der Waals surface area contributed by atoms with E-state index in [1.807, 2.05) is 71.4 Å². The van der Waals surface area contributed by atoms with E-state index in [1.165, 1.54) is 0 Å². The van der Waals surface area contributed by atoms with E-state index < -0.39 is 11.6 Å². The average molecular weight is 597 g/mol. The van der Waals surface area contributed by atoms with Gasteiger partial charge in [0.1, 0.15) is 5.54 Å². The minimum absolute atomic E-state index is 0.122. The fraction of sp³-hybridized carbons (Fsp3) is 0.0571. The van der Waals surface area contributed by atoms with Crippen molar-refractivity contribution in [2.45, 2.75) is 12.0 Å². The highest BCUT2D eigenvalue weighted by Crippen LogP contribution is 2.42. The Morgan fingerprint density at radius 1 is 0.750 bits per heavy atom. The van der Waals surface area contributed by atoms with Crippen LogP contribution >= 0.6 is 11.6 Å². The van der Waals surface area contributed by atoms with Crippen LogP contribution in [0.2, 0.25) is 5.02 Å². The van der Waals surface area contributed by atoms with Crippen LogP contribution in [0.4, 0.5) is 16.2 Å². The third-order valence-electron chi connectivity index (χ3n) is 7.83. The van der Waals surface area contributed by atoms with Gasteiger partial charge in [-0.15, -0.1) is 5.10 Å². The Labute approximate surface area is 258 Å². The highest BCUT2D eigenvalue weighted by atomic mass is 35.5. The van der Waals surface area contributed by atoms with Crippen molar-refractivity contribution in [3.05, 3.63) is 161 Å². The molecule has 0 saturated carbocycles. The van der Waals surface area contributed by atoms with Crippen molar-refractivity contribution in [2.24, 2.45) is 0 Å². The predicted molar refractivity (Wildman–Crippen MR) is 170 cm³/mol. The fourth-order valence-corrected chi connectivity index (χ4v) is 6.09. The Morgan fingerprint density at radius 3 is 1.89 bits per heavy atom. The molecule has 0 atom stereocenters. The van der Waals surface area contributed by atoms with Gasteiger partial charge in [0.15, 0.2) is 5.82 Å². The molecule has 0 fully saturated rings. The molecule has 9 heteroatoms. The summed E-state index contributed by atoms with van der Waals surface area (Å²) in [6, 6.07) is 42.3. The van der Waals surface area contributed by atoms with Gasteiger partial charge in [-0.1, -0.05) is 103 Å². The average Bonchev–Trinajstić information content (AvgIpc) is 3.67. The molecule has 1 aromatic heterocycles. The lowest BCUT2D eigenvalue weighted by Crippen LogP contribution is -2.39. The molecule has 0 radical (unpaired) electrons. The molecule has 6 aromatic rings. The van der Waals surface area contributed by atoms with Gasteiger partial charge in [0.05, 0.1) is 12.1 Å². The molecule has 7 rings (SSSR count). The van der Waals surface area contributed by atoms with Gasteiger partial charge in [-0.25, -0.2) is 14.4 Å². The number of imide groups is 1. The standard InChI is InChI=1S/C35H25ClN6O2/c36-29-18-21-31-25(22-29)23-32(43)41(31)34(44)37-30-19-16-24(17-20-30)33-38-39-40-42(33)35(26-10-4-1-5-11-26,27-12-6-2-7-13-27)28-14-8-3-9-15-28/h1-22H,23H2,(H,37,44). The number of fused-ring (bicyclic) bond motifs is 1.